The van der Waals surface area contributed by atoms with Crippen molar-refractivity contribution in [1.29, 1.82) is 0 Å². The maximum absolute atomic E-state index is 2.48. The van der Waals surface area contributed by atoms with Gasteiger partial charge in [-0.15, -0.1) is 0 Å². The normalized spacial score (nSPS) is 12.2. The van der Waals surface area contributed by atoms with E-state index in [1.807, 2.05) is 0 Å². The summed E-state index contributed by atoms with van der Waals surface area (Å²) in [5, 5.41) is 15.2. The van der Waals surface area contributed by atoms with Gasteiger partial charge in [-0.2, -0.15) is 0 Å². The highest BCUT2D eigenvalue weighted by Crippen LogP contribution is 2.45. The summed E-state index contributed by atoms with van der Waals surface area (Å²) < 4.78 is 4.87. The van der Waals surface area contributed by atoms with Gasteiger partial charge in [0, 0.05) is 55.1 Å². The fourth-order valence-corrected chi connectivity index (χ4v) is 10.00. The molecule has 0 atom stereocenters. The molecule has 0 radical (unpaired) electrons. The van der Waals surface area contributed by atoms with Crippen molar-refractivity contribution < 1.29 is 0 Å². The van der Waals surface area contributed by atoms with Crippen molar-refractivity contribution >= 4 is 109 Å². The zero-order valence-electron chi connectivity index (χ0n) is 30.9. The van der Waals surface area contributed by atoms with Gasteiger partial charge in [0.2, 0.25) is 0 Å². The summed E-state index contributed by atoms with van der Waals surface area (Å²) in [7, 11) is 0. The first-order chi connectivity index (χ1) is 28.3. The van der Waals surface area contributed by atoms with Gasteiger partial charge in [-0.25, -0.2) is 0 Å². The molecule has 0 fully saturated rings. The Morgan fingerprint density at radius 1 is 0.263 bits per heavy atom. The number of rotatable bonds is 4. The van der Waals surface area contributed by atoms with Crippen LogP contribution >= 0.6 is 0 Å². The van der Waals surface area contributed by atoms with E-state index < -0.39 is 0 Å². The van der Waals surface area contributed by atoms with Crippen LogP contribution in [0.25, 0.3) is 97.9 Å². The maximum Gasteiger partial charge on any atom is 0.0620 e. The number of benzene rings is 10. The molecular formula is C54H33N3. The number of hydrogen-bond donors (Lipinski definition) is 0. The predicted octanol–water partition coefficient (Wildman–Crippen LogP) is 14.9. The fourth-order valence-electron chi connectivity index (χ4n) is 10.00. The number of hydrogen-bond acceptors (Lipinski definition) is 1. The zero-order valence-corrected chi connectivity index (χ0v) is 30.9. The molecule has 3 heteroatoms. The molecule has 3 aromatic heterocycles. The Hall–Kier alpha value is -7.62. The lowest BCUT2D eigenvalue weighted by atomic mass is 9.94. The van der Waals surface area contributed by atoms with Crippen LogP contribution in [-0.2, 0) is 0 Å². The van der Waals surface area contributed by atoms with Gasteiger partial charge in [0.25, 0.3) is 0 Å². The lowest BCUT2D eigenvalue weighted by Gasteiger charge is -2.26. The van der Waals surface area contributed by atoms with Crippen LogP contribution in [0, 0.1) is 0 Å². The average molecular weight is 724 g/mol. The van der Waals surface area contributed by atoms with Crippen LogP contribution in [0.4, 0.5) is 17.1 Å². The van der Waals surface area contributed by atoms with Crippen molar-refractivity contribution in [1.82, 2.24) is 8.97 Å². The van der Waals surface area contributed by atoms with Gasteiger partial charge < -0.3 is 13.9 Å². The molecule has 264 valence electrons. The molecule has 0 aliphatic rings. The van der Waals surface area contributed by atoms with Crippen molar-refractivity contribution in [3.8, 4) is 5.69 Å². The molecule has 0 saturated heterocycles. The summed E-state index contributed by atoms with van der Waals surface area (Å²) in [6.07, 6.45) is 0. The van der Waals surface area contributed by atoms with Crippen molar-refractivity contribution in [2.24, 2.45) is 0 Å². The topological polar surface area (TPSA) is 12.6 Å². The summed E-state index contributed by atoms with van der Waals surface area (Å²) in [5.41, 5.74) is 10.6. The van der Waals surface area contributed by atoms with Crippen LogP contribution in [0.3, 0.4) is 0 Å². The van der Waals surface area contributed by atoms with Crippen LogP contribution in [0.5, 0.6) is 0 Å². The van der Waals surface area contributed by atoms with E-state index in [0.29, 0.717) is 0 Å². The third-order valence-electron chi connectivity index (χ3n) is 12.4. The molecule has 13 rings (SSSR count). The molecular weight excluding hydrogens is 691 g/mol. The van der Waals surface area contributed by atoms with E-state index in [4.69, 9.17) is 0 Å². The second kappa shape index (κ2) is 11.5. The highest BCUT2D eigenvalue weighted by atomic mass is 15.1. The molecule has 0 aliphatic carbocycles. The largest absolute Gasteiger partial charge is 0.310 e. The molecule has 57 heavy (non-hydrogen) atoms. The number of nitrogens with zero attached hydrogens (tertiary/aromatic N) is 3. The van der Waals surface area contributed by atoms with E-state index in [1.165, 1.54) is 92.2 Å². The summed E-state index contributed by atoms with van der Waals surface area (Å²) >= 11 is 0. The SMILES string of the molecule is c1ccc(-n2c3ccccc3c3cc(N(c4ccc5c6ccccc6c6ccccc6c5c4)c4ccc5c6cccc7c8ccccc8n(c5c4)c76)ccc32)cc1. The van der Waals surface area contributed by atoms with E-state index >= 15 is 0 Å². The summed E-state index contributed by atoms with van der Waals surface area (Å²) in [6, 6.07) is 73.8. The molecule has 0 unspecified atom stereocenters. The Labute approximate surface area is 327 Å². The Balaban J connectivity index is 1.12. The standard InChI is InChI=1S/C54H33N3/c1-2-13-34(14-3-1)56-50-23-10-9-20-44(50)49-32-36(27-30-52(49)56)55(35-25-28-42-40-17-5-4-15-38(40)39-16-6-7-18-41(39)48(42)31-35)37-26-29-45-47-22-12-21-46-43-19-8-11-24-51(43)57(54(46)47)53(45)33-37/h1-33H. The molecule has 13 aromatic rings. The minimum Gasteiger partial charge on any atom is -0.310 e. The highest BCUT2D eigenvalue weighted by Gasteiger charge is 2.22. The van der Waals surface area contributed by atoms with E-state index in [-0.39, 0.29) is 0 Å². The minimum atomic E-state index is 1.11. The summed E-state index contributed by atoms with van der Waals surface area (Å²) in [5.74, 6) is 0. The van der Waals surface area contributed by atoms with E-state index in [2.05, 4.69) is 214 Å². The zero-order chi connectivity index (χ0) is 37.2. The first-order valence-electron chi connectivity index (χ1n) is 19.7. The van der Waals surface area contributed by atoms with E-state index in [0.717, 1.165) is 22.7 Å². The lowest BCUT2D eigenvalue weighted by Crippen LogP contribution is -2.10. The van der Waals surface area contributed by atoms with Crippen molar-refractivity contribution in [2.75, 3.05) is 4.90 Å². The van der Waals surface area contributed by atoms with Crippen molar-refractivity contribution in [3.05, 3.63) is 200 Å². The minimum absolute atomic E-state index is 1.11. The van der Waals surface area contributed by atoms with Crippen LogP contribution in [0.1, 0.15) is 0 Å². The summed E-state index contributed by atoms with van der Waals surface area (Å²) in [6.45, 7) is 0. The monoisotopic (exact) mass is 723 g/mol. The van der Waals surface area contributed by atoms with Crippen LogP contribution in [0.15, 0.2) is 200 Å². The van der Waals surface area contributed by atoms with Gasteiger partial charge in [-0.05, 0) is 99.0 Å². The average Bonchev–Trinajstić information content (AvgIpc) is 3.92. The smallest absolute Gasteiger partial charge is 0.0620 e. The van der Waals surface area contributed by atoms with Crippen molar-refractivity contribution in [3.63, 3.8) is 0 Å². The fraction of sp³-hybridized carbons (Fsp3) is 0. The molecule has 0 N–H and O–H groups in total. The molecule has 0 saturated carbocycles. The van der Waals surface area contributed by atoms with Gasteiger partial charge in [0.05, 0.1) is 27.6 Å². The van der Waals surface area contributed by atoms with Gasteiger partial charge in [-0.3, -0.25) is 0 Å². The molecule has 3 heterocycles. The molecule has 0 aliphatic heterocycles. The third-order valence-corrected chi connectivity index (χ3v) is 12.4. The molecule has 0 bridgehead atoms. The maximum atomic E-state index is 2.48. The van der Waals surface area contributed by atoms with Crippen molar-refractivity contribution in [2.45, 2.75) is 0 Å². The quantitative estimate of drug-likeness (QED) is 0.165. The number of fused-ring (bicyclic) bond motifs is 15. The number of aromatic nitrogens is 2. The van der Waals surface area contributed by atoms with Crippen LogP contribution in [-0.4, -0.2) is 8.97 Å². The second-order valence-corrected chi connectivity index (χ2v) is 15.3. The van der Waals surface area contributed by atoms with Gasteiger partial charge >= 0.3 is 0 Å². The first kappa shape index (κ1) is 30.7. The molecule has 0 spiro atoms. The van der Waals surface area contributed by atoms with Gasteiger partial charge in [-0.1, -0.05) is 133 Å². The molecule has 3 nitrogen and oxygen atoms in total. The van der Waals surface area contributed by atoms with Gasteiger partial charge in [0.15, 0.2) is 0 Å². The van der Waals surface area contributed by atoms with E-state index in [1.54, 1.807) is 0 Å². The third kappa shape index (κ3) is 4.20. The second-order valence-electron chi connectivity index (χ2n) is 15.3. The predicted molar refractivity (Wildman–Crippen MR) is 243 cm³/mol. The Kier molecular flexibility index (Phi) is 6.16. The van der Waals surface area contributed by atoms with Crippen LogP contribution in [0.2, 0.25) is 0 Å². The van der Waals surface area contributed by atoms with Gasteiger partial charge in [0.1, 0.15) is 0 Å². The Morgan fingerprint density at radius 3 is 1.39 bits per heavy atom. The van der Waals surface area contributed by atoms with Crippen LogP contribution < -0.4 is 4.90 Å². The van der Waals surface area contributed by atoms with E-state index in [9.17, 15) is 0 Å². The number of anilines is 3. The number of para-hydroxylation sites is 4. The Morgan fingerprint density at radius 2 is 0.702 bits per heavy atom. The summed E-state index contributed by atoms with van der Waals surface area (Å²) in [4.78, 5) is 2.46. The molecule has 0 amide bonds. The lowest BCUT2D eigenvalue weighted by molar-refractivity contribution is 1.18. The Bertz CT molecular complexity index is 3720. The molecule has 10 aromatic carbocycles. The highest BCUT2D eigenvalue weighted by molar-refractivity contribution is 6.26. The first-order valence-corrected chi connectivity index (χ1v) is 19.7.